The van der Waals surface area contributed by atoms with E-state index in [1.54, 1.807) is 19.2 Å². The molecule has 0 saturated carbocycles. The molecule has 1 aromatic heterocycles. The van der Waals surface area contributed by atoms with Gasteiger partial charge in [0.05, 0.1) is 24.7 Å². The number of nitrogens with zero attached hydrogens (tertiary/aromatic N) is 2. The van der Waals surface area contributed by atoms with E-state index in [2.05, 4.69) is 0 Å². The number of rotatable bonds is 7. The van der Waals surface area contributed by atoms with E-state index in [4.69, 9.17) is 9.47 Å². The third kappa shape index (κ3) is 3.30. The molecule has 6 heteroatoms. The summed E-state index contributed by atoms with van der Waals surface area (Å²) in [6, 6.07) is 6.74. The minimum absolute atomic E-state index is 0.113. The molecule has 0 amide bonds. The van der Waals surface area contributed by atoms with Crippen molar-refractivity contribution in [2.24, 2.45) is 0 Å². The number of benzene rings is 1. The topological polar surface area (TPSA) is 66.5 Å². The first-order chi connectivity index (χ1) is 9.22. The van der Waals surface area contributed by atoms with E-state index in [-0.39, 0.29) is 10.6 Å². The normalized spacial score (nSPS) is 11.0. The smallest absolute Gasteiger partial charge is 0.270 e. The van der Waals surface area contributed by atoms with Crippen molar-refractivity contribution in [3.63, 3.8) is 0 Å². The Bertz CT molecular complexity index is 565. The van der Waals surface area contributed by atoms with Crippen molar-refractivity contribution < 1.29 is 14.4 Å². The average Bonchev–Trinajstić information content (AvgIpc) is 2.81. The molecule has 0 spiro atoms. The zero-order chi connectivity index (χ0) is 13.7. The van der Waals surface area contributed by atoms with Gasteiger partial charge in [-0.25, -0.2) is 0 Å². The van der Waals surface area contributed by atoms with E-state index in [1.165, 1.54) is 6.07 Å². The highest BCUT2D eigenvalue weighted by Crippen LogP contribution is 2.21. The molecule has 1 aromatic carbocycles. The summed E-state index contributed by atoms with van der Waals surface area (Å²) >= 11 is 0. The fourth-order valence-corrected chi connectivity index (χ4v) is 1.90. The number of hydrogen-bond acceptors (Lipinski definition) is 4. The summed E-state index contributed by atoms with van der Waals surface area (Å²) in [7, 11) is 1.63. The number of hydrogen-bond donors (Lipinski definition) is 0. The highest BCUT2D eigenvalue weighted by atomic mass is 16.6. The minimum atomic E-state index is -0.384. The molecule has 102 valence electrons. The quantitative estimate of drug-likeness (QED) is 0.437. The molecule has 1 heterocycles. The van der Waals surface area contributed by atoms with Crippen LogP contribution in [-0.2, 0) is 16.0 Å². The zero-order valence-corrected chi connectivity index (χ0v) is 10.7. The second-order valence-corrected chi connectivity index (χ2v) is 4.11. The SMILES string of the molecule is COCCOCCn1ccc2cc([N+](=O)[O-])ccc21. The van der Waals surface area contributed by atoms with Gasteiger partial charge >= 0.3 is 0 Å². The molecule has 0 saturated heterocycles. The predicted octanol–water partition coefficient (Wildman–Crippen LogP) is 2.21. The summed E-state index contributed by atoms with van der Waals surface area (Å²) in [5, 5.41) is 11.6. The second kappa shape index (κ2) is 6.31. The lowest BCUT2D eigenvalue weighted by molar-refractivity contribution is -0.384. The van der Waals surface area contributed by atoms with E-state index in [0.29, 0.717) is 26.4 Å². The number of aromatic nitrogens is 1. The van der Waals surface area contributed by atoms with Crippen molar-refractivity contribution >= 4 is 16.6 Å². The number of non-ortho nitro benzene ring substituents is 1. The molecule has 0 N–H and O–H groups in total. The lowest BCUT2D eigenvalue weighted by Crippen LogP contribution is -2.08. The van der Waals surface area contributed by atoms with Crippen molar-refractivity contribution in [1.82, 2.24) is 4.57 Å². The van der Waals surface area contributed by atoms with Crippen LogP contribution in [0.15, 0.2) is 30.5 Å². The molecule has 0 atom stereocenters. The first-order valence-electron chi connectivity index (χ1n) is 6.02. The predicted molar refractivity (Wildman–Crippen MR) is 71.3 cm³/mol. The Hall–Kier alpha value is -1.92. The summed E-state index contributed by atoms with van der Waals surface area (Å²) < 4.78 is 12.3. The molecule has 0 aliphatic carbocycles. The van der Waals surface area contributed by atoms with Crippen molar-refractivity contribution in [2.45, 2.75) is 6.54 Å². The van der Waals surface area contributed by atoms with E-state index in [1.807, 2.05) is 16.8 Å². The largest absolute Gasteiger partial charge is 0.382 e. The summed E-state index contributed by atoms with van der Waals surface area (Å²) in [6.45, 7) is 2.45. The van der Waals surface area contributed by atoms with Crippen LogP contribution < -0.4 is 0 Å². The molecule has 0 radical (unpaired) electrons. The van der Waals surface area contributed by atoms with Crippen LogP contribution in [0.5, 0.6) is 0 Å². The fourth-order valence-electron chi connectivity index (χ4n) is 1.90. The Morgan fingerprint density at radius 1 is 1.26 bits per heavy atom. The van der Waals surface area contributed by atoms with E-state index < -0.39 is 0 Å². The lowest BCUT2D eigenvalue weighted by atomic mass is 10.2. The van der Waals surface area contributed by atoms with Crippen LogP contribution in [-0.4, -0.2) is 36.4 Å². The number of methoxy groups -OCH3 is 1. The van der Waals surface area contributed by atoms with E-state index in [0.717, 1.165) is 10.9 Å². The van der Waals surface area contributed by atoms with Crippen LogP contribution in [0.1, 0.15) is 0 Å². The molecule has 0 aliphatic rings. The highest BCUT2D eigenvalue weighted by molar-refractivity contribution is 5.82. The molecule has 0 aliphatic heterocycles. The molecular formula is C13H16N2O4. The van der Waals surface area contributed by atoms with Gasteiger partial charge in [0.1, 0.15) is 0 Å². The van der Waals surface area contributed by atoms with Crippen LogP contribution in [0.2, 0.25) is 0 Å². The van der Waals surface area contributed by atoms with Crippen molar-refractivity contribution in [3.8, 4) is 0 Å². The molecule has 0 unspecified atom stereocenters. The number of nitro benzene ring substituents is 1. The van der Waals surface area contributed by atoms with Crippen LogP contribution in [0, 0.1) is 10.1 Å². The average molecular weight is 264 g/mol. The fraction of sp³-hybridized carbons (Fsp3) is 0.385. The molecule has 0 bridgehead atoms. The van der Waals surface area contributed by atoms with E-state index >= 15 is 0 Å². The molecular weight excluding hydrogens is 248 g/mol. The van der Waals surface area contributed by atoms with Gasteiger partial charge in [-0.05, 0) is 12.1 Å². The van der Waals surface area contributed by atoms with Crippen LogP contribution in [0.25, 0.3) is 10.9 Å². The summed E-state index contributed by atoms with van der Waals surface area (Å²) in [6.07, 6.45) is 1.91. The van der Waals surface area contributed by atoms with Gasteiger partial charge in [0.2, 0.25) is 0 Å². The monoisotopic (exact) mass is 264 g/mol. The summed E-state index contributed by atoms with van der Waals surface area (Å²) in [5.74, 6) is 0. The van der Waals surface area contributed by atoms with E-state index in [9.17, 15) is 10.1 Å². The van der Waals surface area contributed by atoms with Gasteiger partial charge in [-0.2, -0.15) is 0 Å². The maximum Gasteiger partial charge on any atom is 0.270 e. The number of fused-ring (bicyclic) bond motifs is 1. The van der Waals surface area contributed by atoms with Gasteiger partial charge in [0, 0.05) is 42.9 Å². The van der Waals surface area contributed by atoms with Crippen LogP contribution in [0.4, 0.5) is 5.69 Å². The highest BCUT2D eigenvalue weighted by Gasteiger charge is 2.08. The van der Waals surface area contributed by atoms with Crippen LogP contribution in [0.3, 0.4) is 0 Å². The van der Waals surface area contributed by atoms with Gasteiger partial charge < -0.3 is 14.0 Å². The van der Waals surface area contributed by atoms with Crippen LogP contribution >= 0.6 is 0 Å². The number of ether oxygens (including phenoxy) is 2. The molecule has 6 nitrogen and oxygen atoms in total. The standard InChI is InChI=1S/C13H16N2O4/c1-18-8-9-19-7-6-14-5-4-11-10-12(15(16)17)2-3-13(11)14/h2-5,10H,6-9H2,1H3. The Kier molecular flexibility index (Phi) is 4.48. The maximum atomic E-state index is 10.7. The van der Waals surface area contributed by atoms with Gasteiger partial charge in [-0.1, -0.05) is 0 Å². The zero-order valence-electron chi connectivity index (χ0n) is 10.7. The minimum Gasteiger partial charge on any atom is -0.382 e. The Morgan fingerprint density at radius 2 is 2.11 bits per heavy atom. The van der Waals surface area contributed by atoms with Gasteiger partial charge in [0.25, 0.3) is 5.69 Å². The number of nitro groups is 1. The lowest BCUT2D eigenvalue weighted by Gasteiger charge is -2.06. The van der Waals surface area contributed by atoms with Crippen molar-refractivity contribution in [2.75, 3.05) is 26.9 Å². The van der Waals surface area contributed by atoms with Gasteiger partial charge in [-0.3, -0.25) is 10.1 Å². The Labute approximate surface area is 110 Å². The second-order valence-electron chi connectivity index (χ2n) is 4.11. The summed E-state index contributed by atoms with van der Waals surface area (Å²) in [4.78, 5) is 10.3. The first-order valence-corrected chi connectivity index (χ1v) is 6.02. The van der Waals surface area contributed by atoms with Gasteiger partial charge in [-0.15, -0.1) is 0 Å². The van der Waals surface area contributed by atoms with Crippen molar-refractivity contribution in [3.05, 3.63) is 40.6 Å². The first kappa shape index (κ1) is 13.5. The molecule has 2 rings (SSSR count). The van der Waals surface area contributed by atoms with Crippen molar-refractivity contribution in [1.29, 1.82) is 0 Å². The Balaban J connectivity index is 2.02. The third-order valence-electron chi connectivity index (χ3n) is 2.87. The Morgan fingerprint density at radius 3 is 2.84 bits per heavy atom. The maximum absolute atomic E-state index is 10.7. The third-order valence-corrected chi connectivity index (χ3v) is 2.87. The van der Waals surface area contributed by atoms with Gasteiger partial charge in [0.15, 0.2) is 0 Å². The molecule has 0 fully saturated rings. The molecule has 19 heavy (non-hydrogen) atoms. The molecule has 2 aromatic rings. The summed E-state index contributed by atoms with van der Waals surface area (Å²) in [5.41, 5.74) is 1.09.